The highest BCUT2D eigenvalue weighted by molar-refractivity contribution is 8.21. The van der Waals surface area contributed by atoms with Gasteiger partial charge in [-0.1, -0.05) is 6.92 Å². The number of rotatable bonds is 1. The van der Waals surface area contributed by atoms with Crippen LogP contribution in [0, 0.1) is 0 Å². The highest BCUT2D eigenvalue weighted by Crippen LogP contribution is 2.84. The summed E-state index contributed by atoms with van der Waals surface area (Å²) in [4.78, 5) is 0. The molecule has 10 heteroatoms. The summed E-state index contributed by atoms with van der Waals surface area (Å²) in [5.74, 6) is -5.32. The van der Waals surface area contributed by atoms with Gasteiger partial charge in [0.1, 0.15) is 0 Å². The van der Waals surface area contributed by atoms with Crippen LogP contribution in [0.5, 0.6) is 0 Å². The van der Waals surface area contributed by atoms with Gasteiger partial charge in [-0.3, -0.25) is 0 Å². The molecule has 0 amide bonds. The Bertz CT molecular complexity index is 368. The molecule has 0 fully saturated rings. The van der Waals surface area contributed by atoms with Gasteiger partial charge < -0.3 is 0 Å². The molecule has 0 bridgehead atoms. The third-order valence-electron chi connectivity index (χ3n) is 1.41. The summed E-state index contributed by atoms with van der Waals surface area (Å²) >= 11 is 23.6. The number of hydrogen-bond donors (Lipinski definition) is 0. The molecule has 1 heterocycles. The maximum atomic E-state index is 5.89. The first-order valence-corrected chi connectivity index (χ1v) is 12.7. The number of nitrogens with zero attached hydrogens (tertiary/aromatic N) is 3. The van der Waals surface area contributed by atoms with Gasteiger partial charge in [0.15, 0.2) is 0 Å². The van der Waals surface area contributed by atoms with Gasteiger partial charge in [0.05, 0.1) is 7.21 Å². The zero-order valence-electron chi connectivity index (χ0n) is 6.90. The maximum absolute atomic E-state index is 5.89. The van der Waals surface area contributed by atoms with Crippen molar-refractivity contribution in [2.45, 2.75) is 6.92 Å². The van der Waals surface area contributed by atoms with Crippen molar-refractivity contribution >= 4 is 64.0 Å². The van der Waals surface area contributed by atoms with E-state index in [2.05, 4.69) is 13.5 Å². The fraction of sp³-hybridized carbons (Fsp3) is 1.00. The third-order valence-corrected chi connectivity index (χ3v) is 14.0. The molecule has 1 unspecified atom stereocenters. The first kappa shape index (κ1) is 12.9. The molecule has 1 atom stereocenters. The Balaban J connectivity index is 3.44. The predicted octanol–water partition coefficient (Wildman–Crippen LogP) is 6.61. The maximum Gasteiger partial charge on any atom is 0.255 e. The fourth-order valence-electron chi connectivity index (χ4n) is 0.773. The molecule has 0 aliphatic carbocycles. The highest BCUT2D eigenvalue weighted by atomic mass is 35.9. The van der Waals surface area contributed by atoms with E-state index in [1.165, 1.54) is 0 Å². The second-order valence-electron chi connectivity index (χ2n) is 2.58. The van der Waals surface area contributed by atoms with Crippen LogP contribution in [0.15, 0.2) is 13.5 Å². The molecule has 1 rings (SSSR count). The van der Waals surface area contributed by atoms with Crippen LogP contribution >= 0.6 is 64.0 Å². The molecule has 0 aromatic heterocycles. The van der Waals surface area contributed by atoms with Gasteiger partial charge >= 0.3 is 0 Å². The molecule has 1 aliphatic rings. The molecule has 13 heavy (non-hydrogen) atoms. The minimum Gasteiger partial charge on any atom is -0.213 e. The van der Waals surface area contributed by atoms with Gasteiger partial charge in [0.2, 0.25) is 0 Å². The standard InChI is InChI=1S/C3H8Cl4N3P3/c1-3-11(2)8-12(4,5)10-13(6,7)9-11/h3H2,1-2H3. The Labute approximate surface area is 97.0 Å². The lowest BCUT2D eigenvalue weighted by Gasteiger charge is -2.22. The van der Waals surface area contributed by atoms with E-state index in [4.69, 9.17) is 45.0 Å². The molecular formula is C3H8Cl4N3P3. The van der Waals surface area contributed by atoms with Crippen LogP contribution in [0.1, 0.15) is 6.92 Å². The van der Waals surface area contributed by atoms with E-state index in [1.807, 2.05) is 13.6 Å². The molecule has 0 aromatic carbocycles. The second-order valence-corrected chi connectivity index (χ2v) is 16.1. The molecule has 0 saturated carbocycles. The molecule has 0 N–H and O–H groups in total. The minimum atomic E-state index is -2.66. The lowest BCUT2D eigenvalue weighted by Crippen LogP contribution is -1.79. The summed E-state index contributed by atoms with van der Waals surface area (Å²) in [5, 5.41) is 0. The third kappa shape index (κ3) is 3.72. The van der Waals surface area contributed by atoms with Gasteiger partial charge in [-0.2, -0.15) is 4.52 Å². The Hall–Kier alpha value is 1.85. The Kier molecular flexibility index (Phi) is 3.99. The smallest absolute Gasteiger partial charge is 0.213 e. The minimum absolute atomic E-state index is 0.769. The Morgan fingerprint density at radius 3 is 1.77 bits per heavy atom. The van der Waals surface area contributed by atoms with Gasteiger partial charge in [-0.15, -0.1) is 0 Å². The van der Waals surface area contributed by atoms with Crippen molar-refractivity contribution in [3.8, 4) is 0 Å². The molecule has 1 aliphatic heterocycles. The van der Waals surface area contributed by atoms with Gasteiger partial charge in [0.25, 0.3) is 11.8 Å². The summed E-state index contributed by atoms with van der Waals surface area (Å²) in [5.41, 5.74) is 0. The summed E-state index contributed by atoms with van der Waals surface area (Å²) < 4.78 is 12.3. The van der Waals surface area contributed by atoms with E-state index in [-0.39, 0.29) is 0 Å². The van der Waals surface area contributed by atoms with Crippen molar-refractivity contribution in [1.29, 1.82) is 0 Å². The quantitative estimate of drug-likeness (QED) is 0.487. The monoisotopic (exact) mass is 319 g/mol. The van der Waals surface area contributed by atoms with E-state index in [9.17, 15) is 0 Å². The van der Waals surface area contributed by atoms with Crippen molar-refractivity contribution in [3.05, 3.63) is 0 Å². The van der Waals surface area contributed by atoms with Crippen LogP contribution in [0.25, 0.3) is 0 Å². The van der Waals surface area contributed by atoms with Crippen molar-refractivity contribution in [2.75, 3.05) is 12.8 Å². The number of halogens is 4. The van der Waals surface area contributed by atoms with E-state index in [0.29, 0.717) is 0 Å². The van der Waals surface area contributed by atoms with Crippen LogP contribution in [0.3, 0.4) is 0 Å². The van der Waals surface area contributed by atoms with Gasteiger partial charge in [-0.05, 0) is 57.8 Å². The molecule has 3 nitrogen and oxygen atoms in total. The van der Waals surface area contributed by atoms with E-state index >= 15 is 0 Å². The second kappa shape index (κ2) is 4.02. The van der Waals surface area contributed by atoms with Crippen molar-refractivity contribution in [3.63, 3.8) is 0 Å². The summed E-state index contributed by atoms with van der Waals surface area (Å²) in [7, 11) is -1.86. The molecule has 0 saturated heterocycles. The predicted molar refractivity (Wildman–Crippen MR) is 67.9 cm³/mol. The average Bonchev–Trinajstić information content (AvgIpc) is 1.79. The van der Waals surface area contributed by atoms with E-state index in [0.717, 1.165) is 6.16 Å². The van der Waals surface area contributed by atoms with Crippen molar-refractivity contribution < 1.29 is 0 Å². The van der Waals surface area contributed by atoms with Crippen LogP contribution in [-0.2, 0) is 0 Å². The topological polar surface area (TPSA) is 37.1 Å². The molecule has 0 aromatic rings. The van der Waals surface area contributed by atoms with Crippen molar-refractivity contribution in [1.82, 2.24) is 0 Å². The first-order chi connectivity index (χ1) is 5.68. The lowest BCUT2D eigenvalue weighted by molar-refractivity contribution is 1.45. The fourth-order valence-corrected chi connectivity index (χ4v) is 17.9. The van der Waals surface area contributed by atoms with E-state index in [1.54, 1.807) is 0 Å². The van der Waals surface area contributed by atoms with Crippen LogP contribution < -0.4 is 0 Å². The first-order valence-electron chi connectivity index (χ1n) is 3.35. The number of hydrogen-bond acceptors (Lipinski definition) is 3. The normalized spacial score (nSPS) is 35.5. The van der Waals surface area contributed by atoms with E-state index < -0.39 is 19.0 Å². The molecule has 0 radical (unpaired) electrons. The van der Waals surface area contributed by atoms with Crippen LogP contribution in [0.4, 0.5) is 0 Å². The lowest BCUT2D eigenvalue weighted by atomic mass is 11.0. The zero-order valence-corrected chi connectivity index (χ0v) is 12.6. The SMILES string of the molecule is CCP1(C)=NP(Cl)(Cl)=NP(Cl)(Cl)=N1. The average molecular weight is 321 g/mol. The summed E-state index contributed by atoms with van der Waals surface area (Å²) in [6.45, 7) is 3.87. The van der Waals surface area contributed by atoms with Gasteiger partial charge in [0, 0.05) is 0 Å². The Morgan fingerprint density at radius 2 is 1.38 bits per heavy atom. The highest BCUT2D eigenvalue weighted by Gasteiger charge is 2.28. The Morgan fingerprint density at radius 1 is 0.923 bits per heavy atom. The molecular weight excluding hydrogens is 313 g/mol. The van der Waals surface area contributed by atoms with Crippen molar-refractivity contribution in [2.24, 2.45) is 13.5 Å². The van der Waals surface area contributed by atoms with Crippen LogP contribution in [-0.4, -0.2) is 12.8 Å². The molecule has 0 spiro atoms. The summed E-state index contributed by atoms with van der Waals surface area (Å²) in [6.07, 6.45) is 0.769. The summed E-state index contributed by atoms with van der Waals surface area (Å²) in [6, 6.07) is 0. The van der Waals surface area contributed by atoms with Gasteiger partial charge in [-0.25, -0.2) is 9.03 Å². The largest absolute Gasteiger partial charge is 0.255 e. The molecule has 78 valence electrons. The zero-order chi connectivity index (χ0) is 10.3. The van der Waals surface area contributed by atoms with Crippen LogP contribution in [0.2, 0.25) is 0 Å².